The zero-order chi connectivity index (χ0) is 20.1. The van der Waals surface area contributed by atoms with Crippen LogP contribution in [0.2, 0.25) is 0 Å². The largest absolute Gasteiger partial charge is 0.354 e. The molecule has 150 valence electrons. The number of benzene rings is 1. The Morgan fingerprint density at radius 3 is 2.32 bits per heavy atom. The molecule has 0 radical (unpaired) electrons. The van der Waals surface area contributed by atoms with Crippen LogP contribution in [-0.2, 0) is 16.6 Å². The summed E-state index contributed by atoms with van der Waals surface area (Å²) in [5.41, 5.74) is 0.583. The maximum absolute atomic E-state index is 12.3. The van der Waals surface area contributed by atoms with E-state index < -0.39 is 14.9 Å². The summed E-state index contributed by atoms with van der Waals surface area (Å²) in [6.45, 7) is 7.16. The third-order valence-electron chi connectivity index (χ3n) is 4.78. The maximum atomic E-state index is 12.3. The quantitative estimate of drug-likeness (QED) is 0.551. The molecule has 0 amide bonds. The van der Waals surface area contributed by atoms with Crippen LogP contribution in [0.5, 0.6) is 0 Å². The van der Waals surface area contributed by atoms with Crippen molar-refractivity contribution in [2.45, 2.75) is 18.4 Å². The molecule has 1 fully saturated rings. The van der Waals surface area contributed by atoms with Crippen LogP contribution >= 0.6 is 0 Å². The van der Waals surface area contributed by atoms with Crippen molar-refractivity contribution in [1.29, 1.82) is 0 Å². The highest BCUT2D eigenvalue weighted by Gasteiger charge is 2.18. The summed E-state index contributed by atoms with van der Waals surface area (Å²) in [5, 5.41) is 10.7. The van der Waals surface area contributed by atoms with Crippen molar-refractivity contribution in [3.63, 3.8) is 0 Å². The van der Waals surface area contributed by atoms with Gasteiger partial charge in [-0.15, -0.1) is 0 Å². The molecule has 0 unspecified atom stereocenters. The molecule has 0 atom stereocenters. The molecule has 28 heavy (non-hydrogen) atoms. The average Bonchev–Trinajstić information content (AvgIpc) is 2.73. The molecule has 1 N–H and O–H groups in total. The number of nitro benzene ring substituents is 1. The van der Waals surface area contributed by atoms with Gasteiger partial charge in [0.25, 0.3) is 5.69 Å². The first-order valence-electron chi connectivity index (χ1n) is 9.05. The molecule has 1 aromatic carbocycles. The molecule has 10 heteroatoms. The maximum Gasteiger partial charge on any atom is 0.269 e. The van der Waals surface area contributed by atoms with Gasteiger partial charge >= 0.3 is 0 Å². The Bertz CT molecular complexity index is 908. The van der Waals surface area contributed by atoms with Gasteiger partial charge in [0.2, 0.25) is 10.0 Å². The van der Waals surface area contributed by atoms with E-state index in [2.05, 4.69) is 26.4 Å². The minimum atomic E-state index is -3.76. The number of piperazine rings is 1. The van der Waals surface area contributed by atoms with Gasteiger partial charge in [0.1, 0.15) is 5.82 Å². The molecule has 1 aliphatic rings. The van der Waals surface area contributed by atoms with E-state index >= 15 is 0 Å². The van der Waals surface area contributed by atoms with Crippen molar-refractivity contribution in [3.05, 3.63) is 58.3 Å². The van der Waals surface area contributed by atoms with Crippen molar-refractivity contribution in [3.8, 4) is 0 Å². The first-order valence-corrected chi connectivity index (χ1v) is 10.5. The van der Waals surface area contributed by atoms with E-state index in [4.69, 9.17) is 0 Å². The van der Waals surface area contributed by atoms with Crippen molar-refractivity contribution in [1.82, 2.24) is 14.6 Å². The van der Waals surface area contributed by atoms with Gasteiger partial charge in [0, 0.05) is 51.1 Å². The Hall–Kier alpha value is -2.56. The summed E-state index contributed by atoms with van der Waals surface area (Å²) in [6.07, 6.45) is 1.67. The molecule has 2 heterocycles. The number of pyridine rings is 1. The number of nitro groups is 1. The topological polar surface area (TPSA) is 109 Å². The van der Waals surface area contributed by atoms with Gasteiger partial charge < -0.3 is 9.80 Å². The number of non-ortho nitro benzene ring substituents is 1. The van der Waals surface area contributed by atoms with Crippen LogP contribution in [0.15, 0.2) is 47.5 Å². The Kier molecular flexibility index (Phi) is 6.22. The average molecular weight is 405 g/mol. The number of sulfonamides is 1. The molecule has 9 nitrogen and oxygen atoms in total. The van der Waals surface area contributed by atoms with Gasteiger partial charge in [0.05, 0.1) is 9.82 Å². The van der Waals surface area contributed by atoms with Gasteiger partial charge in [-0.1, -0.05) is 13.0 Å². The molecular weight excluding hydrogens is 382 g/mol. The predicted octanol–water partition coefficient (Wildman–Crippen LogP) is 1.61. The number of anilines is 1. The normalized spacial score (nSPS) is 15.5. The van der Waals surface area contributed by atoms with Crippen LogP contribution < -0.4 is 9.62 Å². The van der Waals surface area contributed by atoms with Crippen LogP contribution in [0.4, 0.5) is 11.5 Å². The second kappa shape index (κ2) is 8.63. The van der Waals surface area contributed by atoms with E-state index in [0.717, 1.165) is 44.1 Å². The van der Waals surface area contributed by atoms with Gasteiger partial charge in [-0.2, -0.15) is 0 Å². The molecule has 1 aliphatic heterocycles. The number of rotatable bonds is 7. The highest BCUT2D eigenvalue weighted by molar-refractivity contribution is 7.89. The number of likely N-dealkylation sites (N-methyl/N-ethyl adjacent to an activating group) is 1. The highest BCUT2D eigenvalue weighted by Crippen LogP contribution is 2.17. The van der Waals surface area contributed by atoms with E-state index in [9.17, 15) is 18.5 Å². The van der Waals surface area contributed by atoms with E-state index in [-0.39, 0.29) is 17.1 Å². The van der Waals surface area contributed by atoms with Gasteiger partial charge in [-0.3, -0.25) is 10.1 Å². The summed E-state index contributed by atoms with van der Waals surface area (Å²) in [5.74, 6) is 0.887. The van der Waals surface area contributed by atoms with Gasteiger partial charge in [0.15, 0.2) is 0 Å². The van der Waals surface area contributed by atoms with Crippen LogP contribution in [0, 0.1) is 10.1 Å². The molecule has 2 aromatic rings. The smallest absolute Gasteiger partial charge is 0.269 e. The fourth-order valence-electron chi connectivity index (χ4n) is 3.01. The van der Waals surface area contributed by atoms with Gasteiger partial charge in [-0.25, -0.2) is 18.1 Å². The van der Waals surface area contributed by atoms with Crippen molar-refractivity contribution >= 4 is 21.5 Å². The molecule has 3 rings (SSSR count). The summed E-state index contributed by atoms with van der Waals surface area (Å²) >= 11 is 0. The second-order valence-corrected chi connectivity index (χ2v) is 8.29. The number of hydrogen-bond donors (Lipinski definition) is 1. The number of nitrogens with zero attached hydrogens (tertiary/aromatic N) is 4. The molecule has 0 spiro atoms. The van der Waals surface area contributed by atoms with Crippen molar-refractivity contribution in [2.24, 2.45) is 0 Å². The summed E-state index contributed by atoms with van der Waals surface area (Å²) < 4.78 is 27.2. The lowest BCUT2D eigenvalue weighted by Crippen LogP contribution is -2.46. The van der Waals surface area contributed by atoms with Crippen LogP contribution in [0.3, 0.4) is 0 Å². The Morgan fingerprint density at radius 2 is 1.79 bits per heavy atom. The lowest BCUT2D eigenvalue weighted by molar-refractivity contribution is -0.384. The monoisotopic (exact) mass is 405 g/mol. The third kappa shape index (κ3) is 4.83. The van der Waals surface area contributed by atoms with Crippen LogP contribution in [0.1, 0.15) is 12.5 Å². The van der Waals surface area contributed by atoms with Crippen LogP contribution in [0.25, 0.3) is 0 Å². The molecule has 0 saturated carbocycles. The minimum Gasteiger partial charge on any atom is -0.354 e. The molecule has 0 aliphatic carbocycles. The number of nitrogens with one attached hydrogen (secondary N) is 1. The number of hydrogen-bond acceptors (Lipinski definition) is 7. The fourth-order valence-corrected chi connectivity index (χ4v) is 4.03. The third-order valence-corrected chi connectivity index (χ3v) is 6.19. The Labute approximate surface area is 164 Å². The molecule has 1 saturated heterocycles. The Morgan fingerprint density at radius 1 is 1.11 bits per heavy atom. The highest BCUT2D eigenvalue weighted by atomic mass is 32.2. The zero-order valence-corrected chi connectivity index (χ0v) is 16.4. The first kappa shape index (κ1) is 20.2. The molecule has 1 aromatic heterocycles. The second-order valence-electron chi connectivity index (χ2n) is 6.52. The van der Waals surface area contributed by atoms with E-state index in [0.29, 0.717) is 0 Å². The first-order chi connectivity index (χ1) is 13.4. The summed E-state index contributed by atoms with van der Waals surface area (Å²) in [7, 11) is -3.76. The predicted molar refractivity (Wildman–Crippen MR) is 106 cm³/mol. The molecular formula is C18H23N5O4S. The van der Waals surface area contributed by atoms with Crippen molar-refractivity contribution < 1.29 is 13.3 Å². The summed E-state index contributed by atoms with van der Waals surface area (Å²) in [6, 6.07) is 8.53. The van der Waals surface area contributed by atoms with E-state index in [1.807, 2.05) is 12.1 Å². The fraction of sp³-hybridized carbons (Fsp3) is 0.389. The van der Waals surface area contributed by atoms with Crippen molar-refractivity contribution in [2.75, 3.05) is 37.6 Å². The zero-order valence-electron chi connectivity index (χ0n) is 15.6. The molecule has 0 bridgehead atoms. The Balaban J connectivity index is 1.59. The van der Waals surface area contributed by atoms with Crippen LogP contribution in [-0.4, -0.2) is 55.9 Å². The van der Waals surface area contributed by atoms with E-state index in [1.165, 1.54) is 24.3 Å². The minimum absolute atomic E-state index is 0.0172. The SMILES string of the molecule is CCN1CCN(c2ccc(CNS(=O)(=O)c3ccc([N+](=O)[O-])cc3)cn2)CC1. The summed E-state index contributed by atoms with van der Waals surface area (Å²) in [4.78, 5) is 19.1. The standard InChI is InChI=1S/C18H23N5O4S/c1-2-21-9-11-22(12-10-21)18-8-3-15(13-19-18)14-20-28(26,27)17-6-4-16(5-7-17)23(24)25/h3-8,13,20H,2,9-12,14H2,1H3. The lowest BCUT2D eigenvalue weighted by Gasteiger charge is -2.34. The van der Waals surface area contributed by atoms with Gasteiger partial charge in [-0.05, 0) is 30.3 Å². The van der Waals surface area contributed by atoms with E-state index in [1.54, 1.807) is 6.20 Å². The lowest BCUT2D eigenvalue weighted by atomic mass is 10.2. The number of aromatic nitrogens is 1.